The summed E-state index contributed by atoms with van der Waals surface area (Å²) in [6.07, 6.45) is 0. The second-order valence-electron chi connectivity index (χ2n) is 4.15. The van der Waals surface area contributed by atoms with Crippen LogP contribution in [0.25, 0.3) is 0 Å². The van der Waals surface area contributed by atoms with E-state index in [0.717, 1.165) is 0 Å². The first-order chi connectivity index (χ1) is 10.0. The van der Waals surface area contributed by atoms with E-state index in [1.807, 2.05) is 0 Å². The van der Waals surface area contributed by atoms with E-state index in [1.165, 1.54) is 36.4 Å². The largest absolute Gasteiger partial charge is 0.492 e. The minimum Gasteiger partial charge on any atom is -0.492 e. The number of nitrogens with one attached hydrogen (secondary N) is 1. The van der Waals surface area contributed by atoms with Gasteiger partial charge in [0.05, 0.1) is 17.9 Å². The maximum Gasteiger partial charge on any atom is 0.256 e. The van der Waals surface area contributed by atoms with Gasteiger partial charge in [0.2, 0.25) is 0 Å². The van der Waals surface area contributed by atoms with Crippen molar-refractivity contribution >= 4 is 27.5 Å². The van der Waals surface area contributed by atoms with Crippen molar-refractivity contribution in [1.82, 2.24) is 0 Å². The van der Waals surface area contributed by atoms with Gasteiger partial charge in [-0.15, -0.1) is 0 Å². The molecule has 0 heterocycles. The third-order valence-corrected chi connectivity index (χ3v) is 3.32. The molecule has 0 unspecified atom stereocenters. The quantitative estimate of drug-likeness (QED) is 0.883. The minimum absolute atomic E-state index is 0.240. The predicted molar refractivity (Wildman–Crippen MR) is 79.6 cm³/mol. The number of hydrogen-bond donors (Lipinski definition) is 1. The molecule has 0 fully saturated rings. The number of anilines is 1. The molecule has 0 aliphatic rings. The molecule has 110 valence electrons. The lowest BCUT2D eigenvalue weighted by molar-refractivity contribution is 0.102. The van der Waals surface area contributed by atoms with Crippen LogP contribution in [0.2, 0.25) is 0 Å². The number of halogens is 3. The number of amides is 1. The monoisotopic (exact) mass is 355 g/mol. The molecule has 2 aromatic rings. The summed E-state index contributed by atoms with van der Waals surface area (Å²) in [6, 6.07) is 7.57. The van der Waals surface area contributed by atoms with E-state index in [4.69, 9.17) is 4.74 Å². The Hall–Kier alpha value is -1.95. The fourth-order valence-electron chi connectivity index (χ4n) is 1.74. The zero-order valence-electron chi connectivity index (χ0n) is 11.1. The van der Waals surface area contributed by atoms with Crippen molar-refractivity contribution in [3.8, 4) is 5.75 Å². The Morgan fingerprint density at radius 1 is 1.19 bits per heavy atom. The van der Waals surface area contributed by atoms with Gasteiger partial charge in [0.1, 0.15) is 17.4 Å². The number of rotatable bonds is 4. The highest BCUT2D eigenvalue weighted by atomic mass is 79.9. The van der Waals surface area contributed by atoms with Crippen LogP contribution in [-0.4, -0.2) is 12.5 Å². The second kappa shape index (κ2) is 6.67. The first-order valence-corrected chi connectivity index (χ1v) is 6.99. The van der Waals surface area contributed by atoms with Gasteiger partial charge in [-0.05, 0) is 53.2 Å². The maximum absolute atomic E-state index is 13.2. The van der Waals surface area contributed by atoms with Gasteiger partial charge >= 0.3 is 0 Å². The Labute approximate surface area is 129 Å². The van der Waals surface area contributed by atoms with E-state index in [0.29, 0.717) is 16.8 Å². The highest BCUT2D eigenvalue weighted by molar-refractivity contribution is 9.10. The highest BCUT2D eigenvalue weighted by Crippen LogP contribution is 2.27. The molecule has 0 spiro atoms. The molecule has 0 radical (unpaired) electrons. The minimum atomic E-state index is -0.459. The molecule has 1 N–H and O–H groups in total. The molecule has 1 amide bonds. The Kier molecular flexibility index (Phi) is 4.90. The molecule has 6 heteroatoms. The standard InChI is InChI=1S/C15H12BrF2NO2/c1-2-21-14-8-10(18)4-6-13(14)19-15(20)11-5-3-9(17)7-12(11)16/h3-8H,2H2,1H3,(H,19,20). The van der Waals surface area contributed by atoms with Gasteiger partial charge in [0, 0.05) is 10.5 Å². The van der Waals surface area contributed by atoms with Crippen LogP contribution in [0.1, 0.15) is 17.3 Å². The number of carbonyl (C=O) groups excluding carboxylic acids is 1. The van der Waals surface area contributed by atoms with Gasteiger partial charge < -0.3 is 10.1 Å². The number of carbonyl (C=O) groups is 1. The molecule has 0 saturated carbocycles. The number of ether oxygens (including phenoxy) is 1. The van der Waals surface area contributed by atoms with Crippen LogP contribution < -0.4 is 10.1 Å². The second-order valence-corrected chi connectivity index (χ2v) is 5.01. The Balaban J connectivity index is 2.27. The summed E-state index contributed by atoms with van der Waals surface area (Å²) < 4.78 is 31.8. The molecule has 0 bridgehead atoms. The lowest BCUT2D eigenvalue weighted by Crippen LogP contribution is -2.14. The molecular formula is C15H12BrF2NO2. The Morgan fingerprint density at radius 3 is 2.52 bits per heavy atom. The maximum atomic E-state index is 13.2. The molecule has 0 saturated heterocycles. The summed E-state index contributed by atoms with van der Waals surface area (Å²) in [4.78, 5) is 12.2. The fourth-order valence-corrected chi connectivity index (χ4v) is 2.27. The zero-order valence-corrected chi connectivity index (χ0v) is 12.7. The van der Waals surface area contributed by atoms with Crippen LogP contribution in [0, 0.1) is 11.6 Å². The summed E-state index contributed by atoms with van der Waals surface area (Å²) in [5.41, 5.74) is 0.614. The molecule has 21 heavy (non-hydrogen) atoms. The molecule has 0 aliphatic heterocycles. The van der Waals surface area contributed by atoms with Crippen molar-refractivity contribution in [2.45, 2.75) is 6.92 Å². The molecular weight excluding hydrogens is 344 g/mol. The smallest absolute Gasteiger partial charge is 0.256 e. The average molecular weight is 356 g/mol. The third kappa shape index (κ3) is 3.78. The SMILES string of the molecule is CCOc1cc(F)ccc1NC(=O)c1ccc(F)cc1Br. The third-order valence-electron chi connectivity index (χ3n) is 2.67. The summed E-state index contributed by atoms with van der Waals surface area (Å²) in [5, 5.41) is 2.62. The number of benzene rings is 2. The average Bonchev–Trinajstić information content (AvgIpc) is 2.42. The summed E-state index contributed by atoms with van der Waals surface area (Å²) in [7, 11) is 0. The molecule has 3 nitrogen and oxygen atoms in total. The number of hydrogen-bond acceptors (Lipinski definition) is 2. The van der Waals surface area contributed by atoms with Crippen molar-refractivity contribution in [3.63, 3.8) is 0 Å². The van der Waals surface area contributed by atoms with E-state index in [-0.39, 0.29) is 11.3 Å². The van der Waals surface area contributed by atoms with E-state index < -0.39 is 17.5 Å². The van der Waals surface area contributed by atoms with Gasteiger partial charge in [-0.2, -0.15) is 0 Å². The molecule has 2 rings (SSSR count). The van der Waals surface area contributed by atoms with E-state index in [2.05, 4.69) is 21.2 Å². The van der Waals surface area contributed by atoms with Gasteiger partial charge in [0.25, 0.3) is 5.91 Å². The van der Waals surface area contributed by atoms with Gasteiger partial charge in [-0.1, -0.05) is 0 Å². The summed E-state index contributed by atoms with van der Waals surface area (Å²) >= 11 is 3.13. The Morgan fingerprint density at radius 2 is 1.86 bits per heavy atom. The first-order valence-electron chi connectivity index (χ1n) is 6.20. The lowest BCUT2D eigenvalue weighted by Gasteiger charge is -2.12. The van der Waals surface area contributed by atoms with Gasteiger partial charge in [-0.25, -0.2) is 8.78 Å². The van der Waals surface area contributed by atoms with Crippen LogP contribution in [0.4, 0.5) is 14.5 Å². The van der Waals surface area contributed by atoms with Crippen molar-refractivity contribution in [2.75, 3.05) is 11.9 Å². The normalized spacial score (nSPS) is 10.3. The van der Waals surface area contributed by atoms with E-state index in [1.54, 1.807) is 6.92 Å². The molecule has 0 aliphatic carbocycles. The Bertz CT molecular complexity index is 677. The van der Waals surface area contributed by atoms with E-state index in [9.17, 15) is 13.6 Å². The van der Waals surface area contributed by atoms with E-state index >= 15 is 0 Å². The van der Waals surface area contributed by atoms with Crippen LogP contribution >= 0.6 is 15.9 Å². The highest BCUT2D eigenvalue weighted by Gasteiger charge is 2.14. The van der Waals surface area contributed by atoms with Gasteiger partial charge in [-0.3, -0.25) is 4.79 Å². The van der Waals surface area contributed by atoms with Crippen LogP contribution in [0.15, 0.2) is 40.9 Å². The summed E-state index contributed by atoms with van der Waals surface area (Å²) in [6.45, 7) is 2.10. The van der Waals surface area contributed by atoms with Gasteiger partial charge in [0.15, 0.2) is 0 Å². The fraction of sp³-hybridized carbons (Fsp3) is 0.133. The molecule has 0 aromatic heterocycles. The van der Waals surface area contributed by atoms with Crippen molar-refractivity contribution in [1.29, 1.82) is 0 Å². The lowest BCUT2D eigenvalue weighted by atomic mass is 10.2. The molecule has 2 aromatic carbocycles. The van der Waals surface area contributed by atoms with Crippen molar-refractivity contribution in [3.05, 3.63) is 58.1 Å². The topological polar surface area (TPSA) is 38.3 Å². The predicted octanol–water partition coefficient (Wildman–Crippen LogP) is 4.38. The van der Waals surface area contributed by atoms with Crippen LogP contribution in [0.5, 0.6) is 5.75 Å². The summed E-state index contributed by atoms with van der Waals surface area (Å²) in [5.74, 6) is -1.12. The first kappa shape index (κ1) is 15.4. The van der Waals surface area contributed by atoms with Crippen LogP contribution in [-0.2, 0) is 0 Å². The van der Waals surface area contributed by atoms with Crippen LogP contribution in [0.3, 0.4) is 0 Å². The molecule has 0 atom stereocenters. The van der Waals surface area contributed by atoms with Crippen molar-refractivity contribution in [2.24, 2.45) is 0 Å². The zero-order chi connectivity index (χ0) is 15.4. The van der Waals surface area contributed by atoms with Crippen molar-refractivity contribution < 1.29 is 18.3 Å².